The van der Waals surface area contributed by atoms with E-state index in [0.29, 0.717) is 6.04 Å². The number of hydrogen-bond donors (Lipinski definition) is 1. The Balaban J connectivity index is 2.02. The Kier molecular flexibility index (Phi) is 4.79. The van der Waals surface area contributed by atoms with E-state index in [1.165, 1.54) is 32.1 Å². The summed E-state index contributed by atoms with van der Waals surface area (Å²) in [5.41, 5.74) is 0. The molecule has 18 heavy (non-hydrogen) atoms. The molecule has 0 aromatic carbocycles. The lowest BCUT2D eigenvalue weighted by molar-refractivity contribution is 0.426. The van der Waals surface area contributed by atoms with E-state index in [2.05, 4.69) is 34.2 Å². The maximum absolute atomic E-state index is 4.59. The molecule has 1 aliphatic rings. The topological polar surface area (TPSA) is 41.1 Å². The molecule has 100 valence electrons. The second-order valence-corrected chi connectivity index (χ2v) is 5.07. The lowest BCUT2D eigenvalue weighted by Crippen LogP contribution is -2.34. The lowest BCUT2D eigenvalue weighted by atomic mass is 9.94. The molecule has 0 spiro atoms. The molecule has 0 amide bonds. The van der Waals surface area contributed by atoms with Crippen molar-refractivity contribution in [2.45, 2.75) is 51.5 Å². The SMILES string of the molecule is CCCNc1nccc(N(C)C2CCCCC2)n1. The van der Waals surface area contributed by atoms with Crippen molar-refractivity contribution in [1.82, 2.24) is 9.97 Å². The Morgan fingerprint density at radius 2 is 2.11 bits per heavy atom. The highest BCUT2D eigenvalue weighted by Crippen LogP contribution is 2.25. The van der Waals surface area contributed by atoms with Crippen molar-refractivity contribution >= 4 is 11.8 Å². The van der Waals surface area contributed by atoms with Crippen LogP contribution in [-0.4, -0.2) is 29.6 Å². The van der Waals surface area contributed by atoms with Gasteiger partial charge < -0.3 is 10.2 Å². The van der Waals surface area contributed by atoms with E-state index in [9.17, 15) is 0 Å². The van der Waals surface area contributed by atoms with Crippen molar-refractivity contribution in [3.63, 3.8) is 0 Å². The Morgan fingerprint density at radius 3 is 2.83 bits per heavy atom. The zero-order valence-electron chi connectivity index (χ0n) is 11.5. The van der Waals surface area contributed by atoms with Gasteiger partial charge in [-0.25, -0.2) is 4.98 Å². The first-order valence-corrected chi connectivity index (χ1v) is 7.11. The second-order valence-electron chi connectivity index (χ2n) is 5.07. The van der Waals surface area contributed by atoms with E-state index < -0.39 is 0 Å². The minimum absolute atomic E-state index is 0.646. The number of nitrogens with zero attached hydrogens (tertiary/aromatic N) is 3. The zero-order chi connectivity index (χ0) is 12.8. The largest absolute Gasteiger partial charge is 0.357 e. The van der Waals surface area contributed by atoms with Crippen molar-refractivity contribution in [2.75, 3.05) is 23.8 Å². The number of rotatable bonds is 5. The average Bonchev–Trinajstić information content (AvgIpc) is 2.45. The predicted octanol–water partition coefficient (Wildman–Crippen LogP) is 3.07. The van der Waals surface area contributed by atoms with E-state index in [0.717, 1.165) is 24.7 Å². The van der Waals surface area contributed by atoms with Crippen LogP contribution in [0.2, 0.25) is 0 Å². The van der Waals surface area contributed by atoms with Crippen molar-refractivity contribution in [3.05, 3.63) is 12.3 Å². The third-order valence-corrected chi connectivity index (χ3v) is 3.66. The number of hydrogen-bond acceptors (Lipinski definition) is 4. The van der Waals surface area contributed by atoms with Crippen LogP contribution < -0.4 is 10.2 Å². The molecule has 1 saturated carbocycles. The van der Waals surface area contributed by atoms with E-state index in [4.69, 9.17) is 0 Å². The molecular formula is C14H24N4. The van der Waals surface area contributed by atoms with Crippen molar-refractivity contribution in [1.29, 1.82) is 0 Å². The molecule has 1 aliphatic carbocycles. The standard InChI is InChI=1S/C14H24N4/c1-3-10-15-14-16-11-9-13(17-14)18(2)12-7-5-4-6-8-12/h9,11-12H,3-8,10H2,1-2H3,(H,15,16,17). The van der Waals surface area contributed by atoms with Gasteiger partial charge in [0.25, 0.3) is 0 Å². The first kappa shape index (κ1) is 13.1. The van der Waals surface area contributed by atoms with Gasteiger partial charge in [-0.1, -0.05) is 26.2 Å². The summed E-state index contributed by atoms with van der Waals surface area (Å²) in [6.45, 7) is 3.07. The third kappa shape index (κ3) is 3.34. The molecule has 4 heteroatoms. The Hall–Kier alpha value is -1.32. The molecule has 1 aromatic heterocycles. The summed E-state index contributed by atoms with van der Waals surface area (Å²) in [4.78, 5) is 11.2. The monoisotopic (exact) mass is 248 g/mol. The Morgan fingerprint density at radius 1 is 1.33 bits per heavy atom. The van der Waals surface area contributed by atoms with Crippen LogP contribution >= 0.6 is 0 Å². The van der Waals surface area contributed by atoms with Crippen LogP contribution in [0.1, 0.15) is 45.4 Å². The van der Waals surface area contributed by atoms with Crippen LogP contribution in [0, 0.1) is 0 Å². The maximum Gasteiger partial charge on any atom is 0.224 e. The van der Waals surface area contributed by atoms with E-state index in [-0.39, 0.29) is 0 Å². The van der Waals surface area contributed by atoms with Gasteiger partial charge in [0, 0.05) is 25.8 Å². The summed E-state index contributed by atoms with van der Waals surface area (Å²) in [7, 11) is 2.15. The van der Waals surface area contributed by atoms with Crippen LogP contribution in [0.5, 0.6) is 0 Å². The lowest BCUT2D eigenvalue weighted by Gasteiger charge is -2.32. The summed E-state index contributed by atoms with van der Waals surface area (Å²) < 4.78 is 0. The molecule has 0 atom stereocenters. The smallest absolute Gasteiger partial charge is 0.224 e. The fraction of sp³-hybridized carbons (Fsp3) is 0.714. The molecule has 2 rings (SSSR count). The van der Waals surface area contributed by atoms with Gasteiger partial charge in [-0.3, -0.25) is 0 Å². The van der Waals surface area contributed by atoms with Gasteiger partial charge in [-0.15, -0.1) is 0 Å². The molecule has 1 fully saturated rings. The molecule has 0 radical (unpaired) electrons. The molecule has 1 heterocycles. The number of nitrogens with one attached hydrogen (secondary N) is 1. The summed E-state index contributed by atoms with van der Waals surface area (Å²) in [6.07, 6.45) is 9.60. The van der Waals surface area contributed by atoms with Gasteiger partial charge in [0.15, 0.2) is 0 Å². The Bertz CT molecular complexity index is 361. The van der Waals surface area contributed by atoms with Crippen LogP contribution in [0.4, 0.5) is 11.8 Å². The highest BCUT2D eigenvalue weighted by molar-refractivity contribution is 5.42. The summed E-state index contributed by atoms with van der Waals surface area (Å²) in [6, 6.07) is 2.65. The molecule has 0 bridgehead atoms. The molecule has 0 saturated heterocycles. The second kappa shape index (κ2) is 6.57. The van der Waals surface area contributed by atoms with Crippen LogP contribution in [0.3, 0.4) is 0 Å². The number of aromatic nitrogens is 2. The molecule has 0 aliphatic heterocycles. The zero-order valence-corrected chi connectivity index (χ0v) is 11.5. The first-order chi connectivity index (χ1) is 8.81. The van der Waals surface area contributed by atoms with E-state index in [1.807, 2.05) is 12.3 Å². The molecule has 1 aromatic rings. The highest BCUT2D eigenvalue weighted by Gasteiger charge is 2.19. The molecular weight excluding hydrogens is 224 g/mol. The van der Waals surface area contributed by atoms with Crippen LogP contribution in [0.15, 0.2) is 12.3 Å². The fourth-order valence-electron chi connectivity index (χ4n) is 2.52. The summed E-state index contributed by atoms with van der Waals surface area (Å²) in [5, 5.41) is 3.24. The number of anilines is 2. The summed E-state index contributed by atoms with van der Waals surface area (Å²) >= 11 is 0. The van der Waals surface area contributed by atoms with Gasteiger partial charge in [0.05, 0.1) is 0 Å². The van der Waals surface area contributed by atoms with Gasteiger partial charge in [0.2, 0.25) is 5.95 Å². The van der Waals surface area contributed by atoms with Crippen LogP contribution in [-0.2, 0) is 0 Å². The highest BCUT2D eigenvalue weighted by atomic mass is 15.2. The maximum atomic E-state index is 4.59. The third-order valence-electron chi connectivity index (χ3n) is 3.66. The van der Waals surface area contributed by atoms with Gasteiger partial charge in [0.1, 0.15) is 5.82 Å². The average molecular weight is 248 g/mol. The van der Waals surface area contributed by atoms with E-state index in [1.54, 1.807) is 0 Å². The quantitative estimate of drug-likeness (QED) is 0.869. The van der Waals surface area contributed by atoms with Crippen molar-refractivity contribution in [2.24, 2.45) is 0 Å². The molecule has 4 nitrogen and oxygen atoms in total. The Labute approximate surface area is 110 Å². The van der Waals surface area contributed by atoms with Gasteiger partial charge in [-0.2, -0.15) is 4.98 Å². The normalized spacial score (nSPS) is 16.6. The summed E-state index contributed by atoms with van der Waals surface area (Å²) in [5.74, 6) is 1.78. The predicted molar refractivity (Wildman–Crippen MR) is 76.1 cm³/mol. The van der Waals surface area contributed by atoms with Crippen molar-refractivity contribution < 1.29 is 0 Å². The minimum Gasteiger partial charge on any atom is -0.357 e. The van der Waals surface area contributed by atoms with E-state index >= 15 is 0 Å². The molecule has 0 unspecified atom stereocenters. The van der Waals surface area contributed by atoms with Crippen molar-refractivity contribution in [3.8, 4) is 0 Å². The molecule has 1 N–H and O–H groups in total. The van der Waals surface area contributed by atoms with Crippen LogP contribution in [0.25, 0.3) is 0 Å². The minimum atomic E-state index is 0.646. The van der Waals surface area contributed by atoms with Gasteiger partial charge >= 0.3 is 0 Å². The first-order valence-electron chi connectivity index (χ1n) is 7.11. The van der Waals surface area contributed by atoms with Gasteiger partial charge in [-0.05, 0) is 25.3 Å². The fourth-order valence-corrected chi connectivity index (χ4v) is 2.52.